The van der Waals surface area contributed by atoms with Crippen molar-refractivity contribution >= 4 is 44.0 Å². The minimum absolute atomic E-state index is 0.0445. The van der Waals surface area contributed by atoms with Crippen LogP contribution < -0.4 is 10.5 Å². The number of amides is 1. The number of aromatic nitrogens is 1. The predicted molar refractivity (Wildman–Crippen MR) is 77.6 cm³/mol. The number of nitrogens with one attached hydrogen (secondary N) is 1. The molecule has 0 saturated heterocycles. The van der Waals surface area contributed by atoms with Crippen molar-refractivity contribution in [1.82, 2.24) is 4.98 Å². The average molecular weight is 350 g/mol. The number of primary sulfonamides is 1. The molecule has 0 aliphatic heterocycles. The third kappa shape index (κ3) is 3.56. The Morgan fingerprint density at radius 2 is 2.14 bits per heavy atom. The average Bonchev–Trinajstić information content (AvgIpc) is 2.69. The number of sulfonamides is 1. The summed E-state index contributed by atoms with van der Waals surface area (Å²) < 4.78 is 35.4. The van der Waals surface area contributed by atoms with Gasteiger partial charge in [-0.05, 0) is 25.1 Å². The standard InChI is InChI=1S/C11H9ClFN3O3S2/c1-5-10(21(14,18)19)20-11(15-5)16-9(17)7-3-2-6(13)4-8(7)12/h2-4H,1H3,(H2,14,18,19)(H,15,16,17). The Hall–Kier alpha value is -1.55. The molecule has 112 valence electrons. The second-order valence-corrected chi connectivity index (χ2v) is 7.18. The highest BCUT2D eigenvalue weighted by Gasteiger charge is 2.19. The first kappa shape index (κ1) is 15.8. The Labute approximate surface area is 128 Å². The first-order valence-corrected chi connectivity index (χ1v) is 8.19. The van der Waals surface area contributed by atoms with Crippen LogP contribution in [0.1, 0.15) is 16.1 Å². The number of benzene rings is 1. The predicted octanol–water partition coefficient (Wildman–Crippen LogP) is 2.14. The normalized spacial score (nSPS) is 11.4. The van der Waals surface area contributed by atoms with Gasteiger partial charge in [0, 0.05) is 0 Å². The second-order valence-electron chi connectivity index (χ2n) is 4.02. The molecule has 0 radical (unpaired) electrons. The van der Waals surface area contributed by atoms with Crippen molar-refractivity contribution in [3.8, 4) is 0 Å². The molecule has 1 aromatic heterocycles. The SMILES string of the molecule is Cc1nc(NC(=O)c2ccc(F)cc2Cl)sc1S(N)(=O)=O. The first-order chi connectivity index (χ1) is 9.68. The van der Waals surface area contributed by atoms with E-state index in [9.17, 15) is 17.6 Å². The van der Waals surface area contributed by atoms with Crippen LogP contribution in [0.2, 0.25) is 5.02 Å². The van der Waals surface area contributed by atoms with Crippen LogP contribution in [0.5, 0.6) is 0 Å². The van der Waals surface area contributed by atoms with E-state index in [0.717, 1.165) is 23.5 Å². The van der Waals surface area contributed by atoms with Gasteiger partial charge in [-0.2, -0.15) is 0 Å². The van der Waals surface area contributed by atoms with Crippen molar-refractivity contribution in [3.05, 3.63) is 40.3 Å². The van der Waals surface area contributed by atoms with Crippen molar-refractivity contribution in [2.75, 3.05) is 5.32 Å². The molecule has 0 unspecified atom stereocenters. The number of halogens is 2. The molecule has 1 heterocycles. The lowest BCUT2D eigenvalue weighted by Crippen LogP contribution is -2.12. The molecule has 0 spiro atoms. The summed E-state index contributed by atoms with van der Waals surface area (Å²) in [5.74, 6) is -1.20. The van der Waals surface area contributed by atoms with E-state index in [4.69, 9.17) is 16.7 Å². The van der Waals surface area contributed by atoms with Gasteiger partial charge in [0.25, 0.3) is 5.91 Å². The Kier molecular flexibility index (Phi) is 4.28. The van der Waals surface area contributed by atoms with E-state index >= 15 is 0 Å². The highest BCUT2D eigenvalue weighted by atomic mass is 35.5. The number of hydrogen-bond donors (Lipinski definition) is 2. The summed E-state index contributed by atoms with van der Waals surface area (Å²) in [6.07, 6.45) is 0. The van der Waals surface area contributed by atoms with Gasteiger partial charge in [0.2, 0.25) is 10.0 Å². The lowest BCUT2D eigenvalue weighted by atomic mass is 10.2. The lowest BCUT2D eigenvalue weighted by molar-refractivity contribution is 0.102. The van der Waals surface area contributed by atoms with Crippen LogP contribution >= 0.6 is 22.9 Å². The number of aryl methyl sites for hydroxylation is 1. The van der Waals surface area contributed by atoms with Crippen LogP contribution in [-0.4, -0.2) is 19.3 Å². The van der Waals surface area contributed by atoms with Crippen LogP contribution in [0, 0.1) is 12.7 Å². The fourth-order valence-electron chi connectivity index (χ4n) is 1.54. The van der Waals surface area contributed by atoms with E-state index in [0.29, 0.717) is 0 Å². The minimum atomic E-state index is -3.90. The van der Waals surface area contributed by atoms with E-state index in [1.54, 1.807) is 0 Å². The zero-order valence-corrected chi connectivity index (χ0v) is 12.9. The molecule has 3 N–H and O–H groups in total. The van der Waals surface area contributed by atoms with E-state index in [1.165, 1.54) is 13.0 Å². The number of carbonyl (C=O) groups excluding carboxylic acids is 1. The molecular weight excluding hydrogens is 341 g/mol. The highest BCUT2D eigenvalue weighted by molar-refractivity contribution is 7.91. The molecule has 6 nitrogen and oxygen atoms in total. The van der Waals surface area contributed by atoms with Crippen LogP contribution in [-0.2, 0) is 10.0 Å². The summed E-state index contributed by atoms with van der Waals surface area (Å²) >= 11 is 6.49. The van der Waals surface area contributed by atoms with Crippen molar-refractivity contribution in [2.45, 2.75) is 11.1 Å². The zero-order chi connectivity index (χ0) is 15.8. The summed E-state index contributed by atoms with van der Waals surface area (Å²) in [5, 5.41) is 7.41. The van der Waals surface area contributed by atoms with Gasteiger partial charge in [-0.25, -0.2) is 22.9 Å². The fraction of sp³-hybridized carbons (Fsp3) is 0.0909. The maximum Gasteiger partial charge on any atom is 0.258 e. The number of carbonyl (C=O) groups is 1. The van der Waals surface area contributed by atoms with Gasteiger partial charge in [-0.1, -0.05) is 22.9 Å². The van der Waals surface area contributed by atoms with Crippen molar-refractivity contribution < 1.29 is 17.6 Å². The Morgan fingerprint density at radius 1 is 1.48 bits per heavy atom. The van der Waals surface area contributed by atoms with Crippen molar-refractivity contribution in [3.63, 3.8) is 0 Å². The molecule has 2 aromatic rings. The topological polar surface area (TPSA) is 102 Å². The van der Waals surface area contributed by atoms with E-state index < -0.39 is 21.7 Å². The van der Waals surface area contributed by atoms with Crippen LogP contribution in [0.15, 0.2) is 22.4 Å². The van der Waals surface area contributed by atoms with E-state index in [2.05, 4.69) is 10.3 Å². The van der Waals surface area contributed by atoms with Gasteiger partial charge in [-0.3, -0.25) is 10.1 Å². The molecule has 0 bridgehead atoms. The van der Waals surface area contributed by atoms with E-state index in [1.807, 2.05) is 0 Å². The van der Waals surface area contributed by atoms with Crippen molar-refractivity contribution in [2.24, 2.45) is 5.14 Å². The van der Waals surface area contributed by atoms with Gasteiger partial charge < -0.3 is 0 Å². The summed E-state index contributed by atoms with van der Waals surface area (Å²) in [5.41, 5.74) is 0.228. The Bertz CT molecular complexity index is 820. The monoisotopic (exact) mass is 349 g/mol. The molecule has 21 heavy (non-hydrogen) atoms. The van der Waals surface area contributed by atoms with E-state index in [-0.39, 0.29) is 25.6 Å². The van der Waals surface area contributed by atoms with Gasteiger partial charge in [-0.15, -0.1) is 0 Å². The largest absolute Gasteiger partial charge is 0.298 e. The molecule has 2 rings (SSSR count). The zero-order valence-electron chi connectivity index (χ0n) is 10.6. The van der Waals surface area contributed by atoms with Gasteiger partial charge in [0.05, 0.1) is 16.3 Å². The van der Waals surface area contributed by atoms with Gasteiger partial charge >= 0.3 is 0 Å². The minimum Gasteiger partial charge on any atom is -0.298 e. The maximum atomic E-state index is 12.9. The molecular formula is C11H9ClFN3O3S2. The third-order valence-corrected chi connectivity index (χ3v) is 5.35. The molecule has 1 amide bonds. The summed E-state index contributed by atoms with van der Waals surface area (Å²) in [6.45, 7) is 1.46. The molecule has 0 atom stereocenters. The Balaban J connectivity index is 2.28. The quantitative estimate of drug-likeness (QED) is 0.886. The Morgan fingerprint density at radius 3 is 2.67 bits per heavy atom. The van der Waals surface area contributed by atoms with Gasteiger partial charge in [0.15, 0.2) is 9.34 Å². The van der Waals surface area contributed by atoms with Crippen molar-refractivity contribution in [1.29, 1.82) is 0 Å². The number of nitrogens with zero attached hydrogens (tertiary/aromatic N) is 1. The number of nitrogens with two attached hydrogens (primary N) is 1. The van der Waals surface area contributed by atoms with Crippen LogP contribution in [0.3, 0.4) is 0 Å². The molecule has 0 aliphatic rings. The summed E-state index contributed by atoms with van der Waals surface area (Å²) in [6, 6.07) is 3.30. The smallest absolute Gasteiger partial charge is 0.258 e. The van der Waals surface area contributed by atoms with Crippen LogP contribution in [0.4, 0.5) is 9.52 Å². The number of hydrogen-bond acceptors (Lipinski definition) is 5. The molecule has 1 aromatic carbocycles. The number of thiazole rings is 1. The molecule has 0 saturated carbocycles. The number of rotatable bonds is 3. The number of anilines is 1. The van der Waals surface area contributed by atoms with Gasteiger partial charge in [0.1, 0.15) is 5.82 Å². The molecule has 0 aliphatic carbocycles. The summed E-state index contributed by atoms with van der Waals surface area (Å²) in [7, 11) is -3.90. The fourth-order valence-corrected chi connectivity index (χ4v) is 3.65. The molecule has 10 heteroatoms. The van der Waals surface area contributed by atoms with Crippen LogP contribution in [0.25, 0.3) is 0 Å². The second kappa shape index (κ2) is 5.68. The lowest BCUT2D eigenvalue weighted by Gasteiger charge is -2.03. The highest BCUT2D eigenvalue weighted by Crippen LogP contribution is 2.27. The maximum absolute atomic E-state index is 12.9. The first-order valence-electron chi connectivity index (χ1n) is 5.45. The summed E-state index contributed by atoms with van der Waals surface area (Å²) in [4.78, 5) is 15.9. The third-order valence-electron chi connectivity index (χ3n) is 2.41. The molecule has 0 fully saturated rings.